The Morgan fingerprint density at radius 1 is 1.16 bits per heavy atom. The number of rotatable bonds is 8. The lowest BCUT2D eigenvalue weighted by Gasteiger charge is -2.34. The van der Waals surface area contributed by atoms with E-state index in [1.165, 1.54) is 23.3 Å². The summed E-state index contributed by atoms with van der Waals surface area (Å²) < 4.78 is 13.2. The molecule has 0 amide bonds. The van der Waals surface area contributed by atoms with Crippen LogP contribution in [-0.2, 0) is 5.41 Å². The second kappa shape index (κ2) is 10.6. The molecule has 6 heteroatoms. The van der Waals surface area contributed by atoms with Crippen molar-refractivity contribution in [3.05, 3.63) is 71.0 Å². The number of benzene rings is 2. The monoisotopic (exact) mass is 436 g/mol. The van der Waals surface area contributed by atoms with Crippen LogP contribution in [0.3, 0.4) is 0 Å². The van der Waals surface area contributed by atoms with E-state index >= 15 is 0 Å². The van der Waals surface area contributed by atoms with E-state index in [1.54, 1.807) is 18.5 Å². The standard InChI is InChI=1S/C26H33FN4O/c1-26(2,3)22-8-4-19(5-9-22)24(30-18-29-17-28)16-31-14-12-21(13-15-31)25(32)20-6-10-23(27)11-7-20/h4-11,17-18,21,24H,12-16H2,1-3H3,(H2,28,29,30). The van der Waals surface area contributed by atoms with Crippen molar-refractivity contribution in [2.45, 2.75) is 45.1 Å². The highest BCUT2D eigenvalue weighted by Crippen LogP contribution is 2.26. The molecule has 0 bridgehead atoms. The fourth-order valence-electron chi connectivity index (χ4n) is 4.13. The molecule has 2 aromatic carbocycles. The van der Waals surface area contributed by atoms with Gasteiger partial charge in [-0.3, -0.25) is 10.2 Å². The summed E-state index contributed by atoms with van der Waals surface area (Å²) in [4.78, 5) is 19.0. The quantitative estimate of drug-likeness (QED) is 0.348. The van der Waals surface area contributed by atoms with Crippen LogP contribution in [0.5, 0.6) is 0 Å². The van der Waals surface area contributed by atoms with E-state index in [0.29, 0.717) is 5.56 Å². The first-order valence-corrected chi connectivity index (χ1v) is 11.2. The first kappa shape index (κ1) is 23.8. The number of halogens is 1. The molecular formula is C26H33FN4O. The Kier molecular flexibility index (Phi) is 7.91. The van der Waals surface area contributed by atoms with Crippen LogP contribution < -0.4 is 5.32 Å². The summed E-state index contributed by atoms with van der Waals surface area (Å²) in [6.45, 7) is 9.05. The predicted molar refractivity (Wildman–Crippen MR) is 128 cm³/mol. The molecule has 1 saturated heterocycles. The van der Waals surface area contributed by atoms with E-state index in [2.05, 4.69) is 60.2 Å². The van der Waals surface area contributed by atoms with Crippen LogP contribution in [0, 0.1) is 17.1 Å². The number of carbonyl (C=O) groups excluding carboxylic acids is 1. The number of likely N-dealkylation sites (tertiary alicyclic amines) is 1. The third-order valence-corrected chi connectivity index (χ3v) is 6.13. The van der Waals surface area contributed by atoms with Crippen molar-refractivity contribution in [2.75, 3.05) is 19.6 Å². The lowest BCUT2D eigenvalue weighted by Crippen LogP contribution is -2.41. The zero-order chi connectivity index (χ0) is 23.1. The minimum atomic E-state index is -0.322. The molecule has 32 heavy (non-hydrogen) atoms. The molecule has 0 saturated carbocycles. The van der Waals surface area contributed by atoms with Crippen LogP contribution in [0.4, 0.5) is 4.39 Å². The van der Waals surface area contributed by atoms with Crippen molar-refractivity contribution in [1.29, 1.82) is 5.41 Å². The summed E-state index contributed by atoms with van der Waals surface area (Å²) in [7, 11) is 0. The third-order valence-electron chi connectivity index (χ3n) is 6.13. The second-order valence-electron chi connectivity index (χ2n) is 9.44. The predicted octanol–water partition coefficient (Wildman–Crippen LogP) is 4.98. The first-order valence-electron chi connectivity index (χ1n) is 11.2. The molecule has 1 aliphatic heterocycles. The molecule has 1 fully saturated rings. The highest BCUT2D eigenvalue weighted by Gasteiger charge is 2.27. The molecule has 170 valence electrons. The fraction of sp³-hybridized carbons (Fsp3) is 0.423. The molecular weight excluding hydrogens is 403 g/mol. The summed E-state index contributed by atoms with van der Waals surface area (Å²) >= 11 is 0. The van der Waals surface area contributed by atoms with Crippen molar-refractivity contribution in [3.63, 3.8) is 0 Å². The van der Waals surface area contributed by atoms with Crippen LogP contribution in [0.2, 0.25) is 0 Å². The highest BCUT2D eigenvalue weighted by molar-refractivity contribution is 5.97. The molecule has 1 aliphatic rings. The molecule has 3 rings (SSSR count). The zero-order valence-electron chi connectivity index (χ0n) is 19.1. The number of Topliss-reactive ketones (excluding diaryl/α,β-unsaturated/α-hetero) is 1. The summed E-state index contributed by atoms with van der Waals surface area (Å²) in [5, 5.41) is 10.4. The van der Waals surface area contributed by atoms with Gasteiger partial charge in [0.15, 0.2) is 5.78 Å². The average Bonchev–Trinajstić information content (AvgIpc) is 2.78. The number of nitrogens with one attached hydrogen (secondary N) is 2. The number of piperidine rings is 1. The van der Waals surface area contributed by atoms with Crippen molar-refractivity contribution >= 4 is 18.5 Å². The second-order valence-corrected chi connectivity index (χ2v) is 9.44. The topological polar surface area (TPSA) is 68.6 Å². The lowest BCUT2D eigenvalue weighted by atomic mass is 9.86. The van der Waals surface area contributed by atoms with Crippen molar-refractivity contribution in [2.24, 2.45) is 10.9 Å². The number of hydrogen-bond donors (Lipinski definition) is 2. The average molecular weight is 437 g/mol. The van der Waals surface area contributed by atoms with Gasteiger partial charge in [0.2, 0.25) is 0 Å². The van der Waals surface area contributed by atoms with E-state index in [4.69, 9.17) is 5.41 Å². The van der Waals surface area contributed by atoms with Gasteiger partial charge in [0.1, 0.15) is 12.2 Å². The molecule has 1 unspecified atom stereocenters. The zero-order valence-corrected chi connectivity index (χ0v) is 19.1. The summed E-state index contributed by atoms with van der Waals surface area (Å²) in [6, 6.07) is 14.5. The van der Waals surface area contributed by atoms with Gasteiger partial charge in [0.25, 0.3) is 0 Å². The Balaban J connectivity index is 1.63. The van der Waals surface area contributed by atoms with Gasteiger partial charge in [-0.1, -0.05) is 45.0 Å². The van der Waals surface area contributed by atoms with Crippen LogP contribution in [0.25, 0.3) is 0 Å². The van der Waals surface area contributed by atoms with Crippen LogP contribution >= 0.6 is 0 Å². The Morgan fingerprint density at radius 2 is 1.78 bits per heavy atom. The molecule has 0 spiro atoms. The Bertz CT molecular complexity index is 924. The number of aliphatic imine (C=N–C) groups is 1. The SMILES string of the molecule is CC(C)(C)c1ccc(C(CN2CCC(C(=O)c3ccc(F)cc3)CC2)N/C=N\C=N)cc1. The molecule has 2 N–H and O–H groups in total. The van der Waals surface area contributed by atoms with E-state index in [1.807, 2.05) is 0 Å². The molecule has 0 aliphatic carbocycles. The van der Waals surface area contributed by atoms with Gasteiger partial charge in [-0.2, -0.15) is 0 Å². The molecule has 0 aromatic heterocycles. The Hall–Kier alpha value is -2.86. The van der Waals surface area contributed by atoms with Crippen LogP contribution in [0.1, 0.15) is 61.1 Å². The van der Waals surface area contributed by atoms with Gasteiger partial charge in [0.05, 0.1) is 12.4 Å². The minimum absolute atomic E-state index is 0.0198. The van der Waals surface area contributed by atoms with Gasteiger partial charge < -0.3 is 10.2 Å². The van der Waals surface area contributed by atoms with E-state index in [9.17, 15) is 9.18 Å². The van der Waals surface area contributed by atoms with E-state index in [-0.39, 0.29) is 29.0 Å². The minimum Gasteiger partial charge on any atom is -0.368 e. The number of nitrogens with zero attached hydrogens (tertiary/aromatic N) is 2. The number of ketones is 1. The summed E-state index contributed by atoms with van der Waals surface area (Å²) in [5.41, 5.74) is 3.14. The smallest absolute Gasteiger partial charge is 0.166 e. The molecule has 0 radical (unpaired) electrons. The molecule has 1 heterocycles. The van der Waals surface area contributed by atoms with E-state index < -0.39 is 0 Å². The number of hydrogen-bond acceptors (Lipinski definition) is 3. The van der Waals surface area contributed by atoms with Crippen molar-refractivity contribution < 1.29 is 9.18 Å². The highest BCUT2D eigenvalue weighted by atomic mass is 19.1. The van der Waals surface area contributed by atoms with Gasteiger partial charge in [0, 0.05) is 18.0 Å². The maximum Gasteiger partial charge on any atom is 0.166 e. The summed E-state index contributed by atoms with van der Waals surface area (Å²) in [5.74, 6) is -0.235. The largest absolute Gasteiger partial charge is 0.368 e. The molecule has 1 atom stereocenters. The van der Waals surface area contributed by atoms with Gasteiger partial charge in [-0.25, -0.2) is 9.38 Å². The lowest BCUT2D eigenvalue weighted by molar-refractivity contribution is 0.0834. The van der Waals surface area contributed by atoms with E-state index in [0.717, 1.165) is 38.8 Å². The third kappa shape index (κ3) is 6.33. The van der Waals surface area contributed by atoms with Gasteiger partial charge in [-0.05, 0) is 66.7 Å². The Morgan fingerprint density at radius 3 is 2.34 bits per heavy atom. The maximum atomic E-state index is 13.2. The normalized spacial score (nSPS) is 16.8. The van der Waals surface area contributed by atoms with Crippen LogP contribution in [0.15, 0.2) is 53.5 Å². The first-order chi connectivity index (χ1) is 15.3. The van der Waals surface area contributed by atoms with Gasteiger partial charge >= 0.3 is 0 Å². The van der Waals surface area contributed by atoms with Gasteiger partial charge in [-0.15, -0.1) is 0 Å². The Labute approximate surface area is 190 Å². The van der Waals surface area contributed by atoms with Crippen molar-refractivity contribution in [3.8, 4) is 0 Å². The fourth-order valence-corrected chi connectivity index (χ4v) is 4.13. The number of carbonyl (C=O) groups is 1. The molecule has 2 aromatic rings. The van der Waals surface area contributed by atoms with Crippen molar-refractivity contribution in [1.82, 2.24) is 10.2 Å². The maximum absolute atomic E-state index is 13.2. The molecule has 5 nitrogen and oxygen atoms in total. The summed E-state index contributed by atoms with van der Waals surface area (Å²) in [6.07, 6.45) is 4.17. The van der Waals surface area contributed by atoms with Crippen LogP contribution in [-0.4, -0.2) is 43.0 Å².